The Morgan fingerprint density at radius 1 is 1.07 bits per heavy atom. The minimum absolute atomic E-state index is 0.00930. The monoisotopic (exact) mass is 420 g/mol. The van der Waals surface area contributed by atoms with Gasteiger partial charge in [0.1, 0.15) is 11.3 Å². The van der Waals surface area contributed by atoms with Gasteiger partial charge in [0, 0.05) is 26.5 Å². The number of amides is 1. The molecule has 0 spiro atoms. The molecular formula is C20H21ClN2O4S. The van der Waals surface area contributed by atoms with E-state index in [1.54, 1.807) is 7.05 Å². The molecule has 0 aliphatic carbocycles. The molecule has 0 fully saturated rings. The van der Waals surface area contributed by atoms with Gasteiger partial charge in [0.05, 0.1) is 21.5 Å². The average Bonchev–Trinajstić information content (AvgIpc) is 3.10. The Balaban J connectivity index is 1.94. The Morgan fingerprint density at radius 2 is 1.75 bits per heavy atom. The maximum Gasteiger partial charge on any atom is 0.255 e. The molecule has 1 amide bonds. The lowest BCUT2D eigenvalue weighted by molar-refractivity contribution is 0.0727. The van der Waals surface area contributed by atoms with Crippen molar-refractivity contribution in [3.63, 3.8) is 0 Å². The van der Waals surface area contributed by atoms with E-state index in [0.717, 1.165) is 15.3 Å². The second-order valence-electron chi connectivity index (χ2n) is 6.71. The number of benzene rings is 2. The number of carbonyl (C=O) groups is 1. The number of nitrogens with zero attached hydrogens (tertiary/aromatic N) is 2. The summed E-state index contributed by atoms with van der Waals surface area (Å²) in [6, 6.07) is 13.2. The molecule has 148 valence electrons. The van der Waals surface area contributed by atoms with E-state index < -0.39 is 15.9 Å². The van der Waals surface area contributed by atoms with Crippen LogP contribution in [0.1, 0.15) is 29.1 Å². The van der Waals surface area contributed by atoms with Crippen LogP contribution in [0, 0.1) is 0 Å². The van der Waals surface area contributed by atoms with Gasteiger partial charge in [-0.05, 0) is 37.3 Å². The lowest BCUT2D eigenvalue weighted by Gasteiger charge is -2.24. The summed E-state index contributed by atoms with van der Waals surface area (Å²) in [6.07, 6.45) is 0. The van der Waals surface area contributed by atoms with Gasteiger partial charge in [-0.2, -0.15) is 0 Å². The highest BCUT2D eigenvalue weighted by molar-refractivity contribution is 7.89. The Bertz CT molecular complexity index is 1110. The summed E-state index contributed by atoms with van der Waals surface area (Å²) in [7, 11) is 0.812. The average molecular weight is 421 g/mol. The van der Waals surface area contributed by atoms with Crippen molar-refractivity contribution in [2.45, 2.75) is 17.9 Å². The fourth-order valence-electron chi connectivity index (χ4n) is 2.80. The third-order valence-corrected chi connectivity index (χ3v) is 6.85. The van der Waals surface area contributed by atoms with E-state index >= 15 is 0 Å². The fraction of sp³-hybridized carbons (Fsp3) is 0.250. The molecule has 6 nitrogen and oxygen atoms in total. The summed E-state index contributed by atoms with van der Waals surface area (Å²) in [5.41, 5.74) is 0.859. The maximum atomic E-state index is 13.0. The third-order valence-electron chi connectivity index (χ3n) is 4.70. The van der Waals surface area contributed by atoms with Gasteiger partial charge in [-0.3, -0.25) is 4.79 Å². The number of para-hydroxylation sites is 1. The molecule has 1 aromatic heterocycles. The number of carbonyl (C=O) groups excluding carboxylic acids is 1. The van der Waals surface area contributed by atoms with Gasteiger partial charge in [0.25, 0.3) is 5.91 Å². The normalized spacial score (nSPS) is 13.1. The van der Waals surface area contributed by atoms with Crippen molar-refractivity contribution in [1.82, 2.24) is 9.21 Å². The first-order valence-corrected chi connectivity index (χ1v) is 10.4. The SMILES string of the molecule is C[C@@H](c1cc2ccccc2o1)N(C)C(=O)c1cc(S(=O)(=O)N(C)C)ccc1Cl. The summed E-state index contributed by atoms with van der Waals surface area (Å²) in [5.74, 6) is 0.235. The van der Waals surface area contributed by atoms with Crippen molar-refractivity contribution in [3.8, 4) is 0 Å². The Kier molecular flexibility index (Phi) is 5.52. The van der Waals surface area contributed by atoms with Crippen molar-refractivity contribution < 1.29 is 17.6 Å². The van der Waals surface area contributed by atoms with E-state index in [9.17, 15) is 13.2 Å². The van der Waals surface area contributed by atoms with Gasteiger partial charge >= 0.3 is 0 Å². The number of halogens is 1. The van der Waals surface area contributed by atoms with Crippen molar-refractivity contribution in [2.75, 3.05) is 21.1 Å². The largest absolute Gasteiger partial charge is 0.459 e. The molecular weight excluding hydrogens is 400 g/mol. The highest BCUT2D eigenvalue weighted by atomic mass is 35.5. The number of hydrogen-bond donors (Lipinski definition) is 0. The first kappa shape index (κ1) is 20.4. The van der Waals surface area contributed by atoms with E-state index in [1.807, 2.05) is 37.3 Å². The van der Waals surface area contributed by atoms with E-state index in [2.05, 4.69) is 0 Å². The van der Waals surface area contributed by atoms with Crippen molar-refractivity contribution in [3.05, 3.63) is 64.9 Å². The first-order chi connectivity index (χ1) is 13.1. The van der Waals surface area contributed by atoms with Gasteiger partial charge in [-0.1, -0.05) is 29.8 Å². The number of hydrogen-bond acceptors (Lipinski definition) is 4. The van der Waals surface area contributed by atoms with Crippen LogP contribution in [-0.2, 0) is 10.0 Å². The summed E-state index contributed by atoms with van der Waals surface area (Å²) in [5, 5.41) is 1.13. The molecule has 0 aliphatic rings. The molecule has 1 heterocycles. The zero-order chi connectivity index (χ0) is 20.6. The van der Waals surface area contributed by atoms with Gasteiger partial charge in [-0.15, -0.1) is 0 Å². The van der Waals surface area contributed by atoms with Crippen molar-refractivity contribution in [1.29, 1.82) is 0 Å². The maximum absolute atomic E-state index is 13.0. The van der Waals surface area contributed by atoms with E-state index in [4.69, 9.17) is 16.0 Å². The van der Waals surface area contributed by atoms with Gasteiger partial charge < -0.3 is 9.32 Å². The predicted molar refractivity (Wildman–Crippen MR) is 109 cm³/mol. The van der Waals surface area contributed by atoms with Gasteiger partial charge in [-0.25, -0.2) is 12.7 Å². The van der Waals surface area contributed by atoms with Crippen molar-refractivity contribution in [2.24, 2.45) is 0 Å². The molecule has 0 unspecified atom stereocenters. The van der Waals surface area contributed by atoms with E-state index in [1.165, 1.54) is 37.2 Å². The quantitative estimate of drug-likeness (QED) is 0.621. The zero-order valence-electron chi connectivity index (χ0n) is 16.0. The summed E-state index contributed by atoms with van der Waals surface area (Å²) in [4.78, 5) is 14.5. The Morgan fingerprint density at radius 3 is 2.39 bits per heavy atom. The van der Waals surface area contributed by atoms with Crippen LogP contribution in [0.15, 0.2) is 57.8 Å². The molecule has 3 aromatic rings. The smallest absolute Gasteiger partial charge is 0.255 e. The van der Waals surface area contributed by atoms with Gasteiger partial charge in [0.2, 0.25) is 10.0 Å². The van der Waals surface area contributed by atoms with Crippen LogP contribution < -0.4 is 0 Å². The van der Waals surface area contributed by atoms with Crippen molar-refractivity contribution >= 4 is 38.5 Å². The molecule has 1 atom stereocenters. The minimum atomic E-state index is -3.68. The predicted octanol–water partition coefficient (Wildman–Crippen LogP) is 4.17. The van der Waals surface area contributed by atoms with Crippen LogP contribution in [0.5, 0.6) is 0 Å². The molecule has 28 heavy (non-hydrogen) atoms. The van der Waals surface area contributed by atoms with Crippen LogP contribution in [-0.4, -0.2) is 44.7 Å². The fourth-order valence-corrected chi connectivity index (χ4v) is 3.93. The van der Waals surface area contributed by atoms with Gasteiger partial charge in [0.15, 0.2) is 0 Å². The van der Waals surface area contributed by atoms with Crippen LogP contribution in [0.4, 0.5) is 0 Å². The second-order valence-corrected chi connectivity index (χ2v) is 9.27. The van der Waals surface area contributed by atoms with E-state index in [-0.39, 0.29) is 21.5 Å². The molecule has 0 bridgehead atoms. The summed E-state index contributed by atoms with van der Waals surface area (Å²) < 4.78 is 31.7. The standard InChI is InChI=1S/C20H21ClN2O4S/c1-13(19-11-14-7-5-6-8-18(14)27-19)23(4)20(24)16-12-15(9-10-17(16)21)28(25,26)22(2)3/h5-13H,1-4H3/t13-/m0/s1. The zero-order valence-corrected chi connectivity index (χ0v) is 17.6. The summed E-state index contributed by atoms with van der Waals surface area (Å²) in [6.45, 7) is 1.84. The topological polar surface area (TPSA) is 70.8 Å². The molecule has 0 radical (unpaired) electrons. The van der Waals surface area contributed by atoms with Crippen LogP contribution >= 0.6 is 11.6 Å². The highest BCUT2D eigenvalue weighted by Crippen LogP contribution is 2.29. The highest BCUT2D eigenvalue weighted by Gasteiger charge is 2.26. The molecule has 0 aliphatic heterocycles. The number of furan rings is 1. The molecule has 2 aromatic carbocycles. The molecule has 0 saturated carbocycles. The van der Waals surface area contributed by atoms with Crippen LogP contribution in [0.25, 0.3) is 11.0 Å². The summed E-state index contributed by atoms with van der Waals surface area (Å²) >= 11 is 6.20. The molecule has 0 N–H and O–H groups in total. The lowest BCUT2D eigenvalue weighted by Crippen LogP contribution is -2.30. The van der Waals surface area contributed by atoms with Crippen LogP contribution in [0.2, 0.25) is 5.02 Å². The molecule has 3 rings (SSSR count). The Hall–Kier alpha value is -2.35. The lowest BCUT2D eigenvalue weighted by atomic mass is 10.1. The van der Waals surface area contributed by atoms with Crippen LogP contribution in [0.3, 0.4) is 0 Å². The number of fused-ring (bicyclic) bond motifs is 1. The second kappa shape index (κ2) is 7.58. The first-order valence-electron chi connectivity index (χ1n) is 8.60. The number of rotatable bonds is 5. The molecule has 0 saturated heterocycles. The van der Waals surface area contributed by atoms with E-state index in [0.29, 0.717) is 5.76 Å². The minimum Gasteiger partial charge on any atom is -0.459 e. The number of sulfonamides is 1. The molecule has 8 heteroatoms. The third kappa shape index (κ3) is 3.65. The Labute approximate surface area is 169 Å².